The highest BCUT2D eigenvalue weighted by molar-refractivity contribution is 7.09. The van der Waals surface area contributed by atoms with Gasteiger partial charge in [-0.25, -0.2) is 9.78 Å². The van der Waals surface area contributed by atoms with Crippen LogP contribution in [-0.4, -0.2) is 64.9 Å². The third-order valence-electron chi connectivity index (χ3n) is 7.47. The van der Waals surface area contributed by atoms with Crippen molar-refractivity contribution in [1.82, 2.24) is 20.3 Å². The van der Waals surface area contributed by atoms with Gasteiger partial charge >= 0.3 is 6.09 Å². The van der Waals surface area contributed by atoms with E-state index in [-0.39, 0.29) is 23.8 Å². The molecule has 2 N–H and O–H groups in total. The van der Waals surface area contributed by atoms with Crippen LogP contribution in [0.1, 0.15) is 65.5 Å². The monoisotopic (exact) mass is 526 g/mol. The second kappa shape index (κ2) is 11.6. The number of amides is 2. The van der Waals surface area contributed by atoms with E-state index in [1.165, 1.54) is 11.3 Å². The molecule has 2 amide bonds. The van der Waals surface area contributed by atoms with Gasteiger partial charge in [0.1, 0.15) is 11.4 Å². The predicted octanol–water partition coefficient (Wildman–Crippen LogP) is 4.06. The highest BCUT2D eigenvalue weighted by Crippen LogP contribution is 2.37. The van der Waals surface area contributed by atoms with Crippen molar-refractivity contribution in [3.05, 3.63) is 57.7 Å². The summed E-state index contributed by atoms with van der Waals surface area (Å²) in [5.41, 5.74) is 2.42. The lowest BCUT2D eigenvalue weighted by Gasteiger charge is -2.40. The minimum Gasteiger partial charge on any atom is -0.497 e. The number of carbonyl (C=O) groups is 2. The standard InChI is InChI=1S/C27H34N4O5S/c1-35-20-8-6-18(7-9-20)16-28-27(34)36-30-13-10-19(11-14-30)25-29-22(17-37-25)26(33)31-15-12-24(32)21-4-2-3-5-23(21)31/h5-9,17,19,21,24,32H,2-4,10-16H2,1H3,(H,28,34). The topological polar surface area (TPSA) is 104 Å². The smallest absolute Gasteiger partial charge is 0.426 e. The Morgan fingerprint density at radius 1 is 1.14 bits per heavy atom. The van der Waals surface area contributed by atoms with Crippen molar-refractivity contribution in [2.45, 2.75) is 57.1 Å². The Hall–Kier alpha value is -2.95. The van der Waals surface area contributed by atoms with Crippen LogP contribution in [0.15, 0.2) is 41.4 Å². The van der Waals surface area contributed by atoms with E-state index in [4.69, 9.17) is 14.6 Å². The van der Waals surface area contributed by atoms with Crippen molar-refractivity contribution < 1.29 is 24.3 Å². The molecular formula is C27H34N4O5S. The van der Waals surface area contributed by atoms with E-state index in [1.54, 1.807) is 12.2 Å². The summed E-state index contributed by atoms with van der Waals surface area (Å²) in [5.74, 6) is 0.996. The Bertz CT molecular complexity index is 1130. The molecule has 2 unspecified atom stereocenters. The molecule has 2 saturated heterocycles. The zero-order valence-electron chi connectivity index (χ0n) is 21.1. The van der Waals surface area contributed by atoms with Gasteiger partial charge < -0.3 is 24.9 Å². The zero-order chi connectivity index (χ0) is 25.8. The fourth-order valence-electron chi connectivity index (χ4n) is 5.37. The molecule has 0 radical (unpaired) electrons. The highest BCUT2D eigenvalue weighted by Gasteiger charge is 2.37. The molecular weight excluding hydrogens is 492 g/mol. The first-order valence-electron chi connectivity index (χ1n) is 13.0. The van der Waals surface area contributed by atoms with Gasteiger partial charge in [-0.3, -0.25) is 4.79 Å². The fraction of sp³-hybridized carbons (Fsp3) is 0.519. The average molecular weight is 527 g/mol. The average Bonchev–Trinajstić information content (AvgIpc) is 3.43. The number of hydroxylamine groups is 2. The number of rotatable bonds is 6. The summed E-state index contributed by atoms with van der Waals surface area (Å²) >= 11 is 1.53. The number of likely N-dealkylation sites (tertiary alicyclic amines) is 1. The van der Waals surface area contributed by atoms with Gasteiger partial charge in [-0.2, -0.15) is 0 Å². The molecule has 0 bridgehead atoms. The quantitative estimate of drug-likeness (QED) is 0.585. The van der Waals surface area contributed by atoms with Crippen LogP contribution >= 0.6 is 11.3 Å². The highest BCUT2D eigenvalue weighted by atomic mass is 32.1. The number of benzene rings is 1. The van der Waals surface area contributed by atoms with E-state index in [0.29, 0.717) is 38.3 Å². The number of hydrogen-bond donors (Lipinski definition) is 2. The largest absolute Gasteiger partial charge is 0.497 e. The predicted molar refractivity (Wildman–Crippen MR) is 139 cm³/mol. The Labute approximate surface area is 221 Å². The van der Waals surface area contributed by atoms with Crippen molar-refractivity contribution >= 4 is 23.3 Å². The van der Waals surface area contributed by atoms with Gasteiger partial charge in [0.2, 0.25) is 0 Å². The van der Waals surface area contributed by atoms with Gasteiger partial charge in [-0.1, -0.05) is 18.2 Å². The number of allylic oxidation sites excluding steroid dienone is 1. The van der Waals surface area contributed by atoms with Crippen LogP contribution in [0.4, 0.5) is 4.79 Å². The van der Waals surface area contributed by atoms with Crippen molar-refractivity contribution in [2.24, 2.45) is 5.92 Å². The molecule has 10 heteroatoms. The molecule has 2 fully saturated rings. The van der Waals surface area contributed by atoms with Gasteiger partial charge in [0.25, 0.3) is 5.91 Å². The maximum Gasteiger partial charge on any atom is 0.426 e. The van der Waals surface area contributed by atoms with Crippen LogP contribution in [0, 0.1) is 5.92 Å². The Morgan fingerprint density at radius 3 is 2.68 bits per heavy atom. The summed E-state index contributed by atoms with van der Waals surface area (Å²) in [6, 6.07) is 7.50. The lowest BCUT2D eigenvalue weighted by atomic mass is 9.82. The van der Waals surface area contributed by atoms with E-state index in [1.807, 2.05) is 34.5 Å². The van der Waals surface area contributed by atoms with Crippen LogP contribution in [0.2, 0.25) is 0 Å². The number of aliphatic hydroxyl groups excluding tert-OH is 1. The number of carbonyl (C=O) groups excluding carboxylic acids is 2. The Morgan fingerprint density at radius 2 is 1.92 bits per heavy atom. The minimum atomic E-state index is -0.474. The lowest BCUT2D eigenvalue weighted by Crippen LogP contribution is -2.45. The number of fused-ring (bicyclic) bond motifs is 1. The third-order valence-corrected chi connectivity index (χ3v) is 8.48. The van der Waals surface area contributed by atoms with Gasteiger partial charge in [0.05, 0.1) is 18.2 Å². The van der Waals surface area contributed by atoms with Crippen LogP contribution in [0.5, 0.6) is 5.75 Å². The van der Waals surface area contributed by atoms with Crippen LogP contribution < -0.4 is 10.1 Å². The molecule has 1 aromatic heterocycles. The van der Waals surface area contributed by atoms with Crippen molar-refractivity contribution in [3.63, 3.8) is 0 Å². The Kier molecular flexibility index (Phi) is 8.07. The first kappa shape index (κ1) is 25.7. The van der Waals surface area contributed by atoms with E-state index in [9.17, 15) is 14.7 Å². The Balaban J connectivity index is 1.10. The first-order valence-corrected chi connectivity index (χ1v) is 13.9. The molecule has 198 valence electrons. The summed E-state index contributed by atoms with van der Waals surface area (Å²) < 4.78 is 5.15. The van der Waals surface area contributed by atoms with Crippen LogP contribution in [-0.2, 0) is 11.4 Å². The molecule has 2 atom stereocenters. The van der Waals surface area contributed by atoms with E-state index in [2.05, 4.69) is 11.4 Å². The van der Waals surface area contributed by atoms with Crippen LogP contribution in [0.3, 0.4) is 0 Å². The molecule has 0 saturated carbocycles. The molecule has 1 aromatic carbocycles. The maximum absolute atomic E-state index is 13.3. The zero-order valence-corrected chi connectivity index (χ0v) is 21.9. The molecule has 3 heterocycles. The van der Waals surface area contributed by atoms with Crippen molar-refractivity contribution in [1.29, 1.82) is 0 Å². The maximum atomic E-state index is 13.3. The summed E-state index contributed by atoms with van der Waals surface area (Å²) in [6.07, 6.45) is 6.43. The van der Waals surface area contributed by atoms with E-state index >= 15 is 0 Å². The number of nitrogens with one attached hydrogen (secondary N) is 1. The number of thiazole rings is 1. The SMILES string of the molecule is COc1ccc(CNC(=O)ON2CCC(c3nc(C(=O)N4CCC(O)C5CCCC=C54)cs3)CC2)cc1. The minimum absolute atomic E-state index is 0.0577. The second-order valence-corrected chi connectivity index (χ2v) is 10.7. The van der Waals surface area contributed by atoms with Gasteiger partial charge in [0.15, 0.2) is 0 Å². The van der Waals surface area contributed by atoms with Crippen LogP contribution in [0.25, 0.3) is 0 Å². The second-order valence-electron chi connectivity index (χ2n) is 9.83. The van der Waals surface area contributed by atoms with Gasteiger partial charge in [-0.05, 0) is 56.2 Å². The number of aliphatic hydroxyl groups is 1. The molecule has 2 aliphatic heterocycles. The molecule has 0 spiro atoms. The number of ether oxygens (including phenoxy) is 1. The third kappa shape index (κ3) is 5.97. The number of piperidine rings is 2. The lowest BCUT2D eigenvalue weighted by molar-refractivity contribution is -0.113. The van der Waals surface area contributed by atoms with Gasteiger partial charge in [-0.15, -0.1) is 16.4 Å². The number of methoxy groups -OCH3 is 1. The molecule has 9 nitrogen and oxygen atoms in total. The number of hydrogen-bond acceptors (Lipinski definition) is 8. The summed E-state index contributed by atoms with van der Waals surface area (Å²) in [6.45, 7) is 2.14. The summed E-state index contributed by atoms with van der Waals surface area (Å²) in [7, 11) is 1.62. The van der Waals surface area contributed by atoms with Crippen molar-refractivity contribution in [2.75, 3.05) is 26.7 Å². The number of nitrogens with zero attached hydrogens (tertiary/aromatic N) is 3. The normalized spacial score (nSPS) is 22.6. The molecule has 1 aliphatic carbocycles. The summed E-state index contributed by atoms with van der Waals surface area (Å²) in [5, 5.41) is 17.7. The van der Waals surface area contributed by atoms with Crippen molar-refractivity contribution in [3.8, 4) is 5.75 Å². The molecule has 37 heavy (non-hydrogen) atoms. The molecule has 5 rings (SSSR count). The molecule has 2 aromatic rings. The molecule has 3 aliphatic rings. The fourth-order valence-corrected chi connectivity index (χ4v) is 6.34. The summed E-state index contributed by atoms with van der Waals surface area (Å²) in [4.78, 5) is 37.6. The number of aromatic nitrogens is 1. The van der Waals surface area contributed by atoms with E-state index < -0.39 is 6.09 Å². The first-order chi connectivity index (χ1) is 18.0. The van der Waals surface area contributed by atoms with Gasteiger partial charge in [0, 0.05) is 49.1 Å². The van der Waals surface area contributed by atoms with E-state index in [0.717, 1.165) is 54.1 Å².